The average Bonchev–Trinajstić information content (AvgIpc) is 2.47. The molecule has 0 saturated heterocycles. The van der Waals surface area contributed by atoms with E-state index in [1.165, 1.54) is 25.3 Å². The molecule has 2 rings (SSSR count). The van der Waals surface area contributed by atoms with Crippen molar-refractivity contribution in [3.8, 4) is 0 Å². The Morgan fingerprint density at radius 1 is 1.32 bits per heavy atom. The zero-order chi connectivity index (χ0) is 16.3. The van der Waals surface area contributed by atoms with Gasteiger partial charge in [0.15, 0.2) is 0 Å². The first-order valence-corrected chi connectivity index (χ1v) is 7.14. The minimum absolute atomic E-state index is 0.258. The standard InChI is InChI=1S/C16H18F4O2/c1-3-16(10(2)22-15(19)20)7-6-11(9-21-16)13-5-4-12(17)8-14(13)18/h4-5,8-10,15H,3,6-7H2,1-2H3/t10-,16-/m0/s1. The molecule has 1 aromatic rings. The first-order chi connectivity index (χ1) is 10.4. The van der Waals surface area contributed by atoms with Gasteiger partial charge in [0.2, 0.25) is 0 Å². The highest BCUT2D eigenvalue weighted by Gasteiger charge is 2.40. The minimum atomic E-state index is -2.87. The molecule has 0 aromatic heterocycles. The SMILES string of the molecule is CC[C@@]1([C@H](C)OC(F)F)CCC(c2ccc(F)cc2F)=CO1. The zero-order valence-corrected chi connectivity index (χ0v) is 12.4. The van der Waals surface area contributed by atoms with E-state index in [4.69, 9.17) is 4.74 Å². The molecule has 1 heterocycles. The van der Waals surface area contributed by atoms with Gasteiger partial charge in [0.05, 0.1) is 6.26 Å². The maximum absolute atomic E-state index is 13.8. The maximum atomic E-state index is 13.8. The Hall–Kier alpha value is -1.56. The third-order valence-electron chi connectivity index (χ3n) is 4.18. The predicted octanol–water partition coefficient (Wildman–Crippen LogP) is 4.89. The molecule has 2 atom stereocenters. The minimum Gasteiger partial charge on any atom is -0.492 e. The van der Waals surface area contributed by atoms with Crippen LogP contribution < -0.4 is 0 Å². The Bertz CT molecular complexity index is 559. The monoisotopic (exact) mass is 318 g/mol. The van der Waals surface area contributed by atoms with Crippen LogP contribution in [0.15, 0.2) is 24.5 Å². The van der Waals surface area contributed by atoms with E-state index in [2.05, 4.69) is 4.74 Å². The second-order valence-electron chi connectivity index (χ2n) is 5.34. The van der Waals surface area contributed by atoms with Gasteiger partial charge in [-0.15, -0.1) is 0 Å². The molecule has 0 fully saturated rings. The molecule has 1 aromatic carbocycles. The Kier molecular flexibility index (Phi) is 5.11. The number of benzene rings is 1. The van der Waals surface area contributed by atoms with E-state index in [9.17, 15) is 17.6 Å². The third-order valence-corrected chi connectivity index (χ3v) is 4.18. The quantitative estimate of drug-likeness (QED) is 0.720. The molecule has 0 aliphatic carbocycles. The van der Waals surface area contributed by atoms with Crippen molar-refractivity contribution in [2.75, 3.05) is 0 Å². The summed E-state index contributed by atoms with van der Waals surface area (Å²) in [6.07, 6.45) is 1.91. The van der Waals surface area contributed by atoms with Gasteiger partial charge in [-0.1, -0.05) is 6.92 Å². The van der Waals surface area contributed by atoms with E-state index >= 15 is 0 Å². The highest BCUT2D eigenvalue weighted by atomic mass is 19.3. The van der Waals surface area contributed by atoms with Gasteiger partial charge in [-0.25, -0.2) is 8.78 Å². The van der Waals surface area contributed by atoms with Crippen molar-refractivity contribution < 1.29 is 27.0 Å². The molecule has 0 amide bonds. The normalized spacial score (nSPS) is 23.1. The molecule has 122 valence electrons. The van der Waals surface area contributed by atoms with Crippen LogP contribution in [-0.2, 0) is 9.47 Å². The van der Waals surface area contributed by atoms with Crippen LogP contribution in [0.3, 0.4) is 0 Å². The zero-order valence-electron chi connectivity index (χ0n) is 12.4. The molecule has 0 radical (unpaired) electrons. The summed E-state index contributed by atoms with van der Waals surface area (Å²) in [6.45, 7) is 0.484. The summed E-state index contributed by atoms with van der Waals surface area (Å²) in [5.74, 6) is -1.32. The van der Waals surface area contributed by atoms with Crippen LogP contribution in [0.2, 0.25) is 0 Å². The van der Waals surface area contributed by atoms with E-state index < -0.39 is 30.0 Å². The van der Waals surface area contributed by atoms with Gasteiger partial charge in [0.25, 0.3) is 0 Å². The van der Waals surface area contributed by atoms with Crippen molar-refractivity contribution >= 4 is 5.57 Å². The third kappa shape index (κ3) is 3.43. The molecule has 0 saturated carbocycles. The molecule has 0 unspecified atom stereocenters. The molecule has 2 nitrogen and oxygen atoms in total. The number of rotatable bonds is 5. The Labute approximate surface area is 126 Å². The summed E-state index contributed by atoms with van der Waals surface area (Å²) < 4.78 is 61.7. The van der Waals surface area contributed by atoms with Gasteiger partial charge >= 0.3 is 6.61 Å². The average molecular weight is 318 g/mol. The lowest BCUT2D eigenvalue weighted by Crippen LogP contribution is -2.45. The molecule has 0 N–H and O–H groups in total. The largest absolute Gasteiger partial charge is 0.492 e. The summed E-state index contributed by atoms with van der Waals surface area (Å²) in [5.41, 5.74) is -0.0319. The van der Waals surface area contributed by atoms with E-state index in [1.807, 2.05) is 6.92 Å². The van der Waals surface area contributed by atoms with Gasteiger partial charge in [0.1, 0.15) is 23.3 Å². The van der Waals surface area contributed by atoms with Crippen molar-refractivity contribution in [2.45, 2.75) is 51.4 Å². The van der Waals surface area contributed by atoms with Gasteiger partial charge in [0, 0.05) is 11.6 Å². The first kappa shape index (κ1) is 16.8. The molecular formula is C16H18F4O2. The smallest absolute Gasteiger partial charge is 0.345 e. The van der Waals surface area contributed by atoms with Crippen LogP contribution in [0.25, 0.3) is 5.57 Å². The lowest BCUT2D eigenvalue weighted by atomic mass is 9.84. The van der Waals surface area contributed by atoms with Gasteiger partial charge in [-0.2, -0.15) is 8.78 Å². The number of alkyl halides is 2. The maximum Gasteiger partial charge on any atom is 0.345 e. The number of ether oxygens (including phenoxy) is 2. The van der Waals surface area contributed by atoms with E-state index in [1.54, 1.807) is 0 Å². The molecule has 22 heavy (non-hydrogen) atoms. The summed E-state index contributed by atoms with van der Waals surface area (Å²) in [7, 11) is 0. The fourth-order valence-electron chi connectivity index (χ4n) is 2.73. The Balaban J connectivity index is 2.19. The van der Waals surface area contributed by atoms with Crippen LogP contribution in [0.1, 0.15) is 38.7 Å². The van der Waals surface area contributed by atoms with Crippen LogP contribution in [-0.4, -0.2) is 18.3 Å². The van der Waals surface area contributed by atoms with Gasteiger partial charge in [-0.3, -0.25) is 0 Å². The second kappa shape index (κ2) is 6.69. The molecular weight excluding hydrogens is 300 g/mol. The lowest BCUT2D eigenvalue weighted by Gasteiger charge is -2.40. The number of allylic oxidation sites excluding steroid dienone is 1. The van der Waals surface area contributed by atoms with E-state index in [-0.39, 0.29) is 5.56 Å². The van der Waals surface area contributed by atoms with Crippen molar-refractivity contribution in [1.82, 2.24) is 0 Å². The van der Waals surface area contributed by atoms with Crippen LogP contribution >= 0.6 is 0 Å². The summed E-state index contributed by atoms with van der Waals surface area (Å²) in [6, 6.07) is 3.32. The van der Waals surface area contributed by atoms with Gasteiger partial charge < -0.3 is 9.47 Å². The van der Waals surface area contributed by atoms with Crippen molar-refractivity contribution in [1.29, 1.82) is 0 Å². The molecule has 0 spiro atoms. The number of halogens is 4. The predicted molar refractivity (Wildman–Crippen MR) is 74.2 cm³/mol. The topological polar surface area (TPSA) is 18.5 Å². The lowest BCUT2D eigenvalue weighted by molar-refractivity contribution is -0.213. The summed E-state index contributed by atoms with van der Waals surface area (Å²) in [5, 5.41) is 0. The Morgan fingerprint density at radius 3 is 2.55 bits per heavy atom. The fourth-order valence-corrected chi connectivity index (χ4v) is 2.73. The van der Waals surface area contributed by atoms with Crippen LogP contribution in [0.4, 0.5) is 17.6 Å². The number of hydrogen-bond donors (Lipinski definition) is 0. The fraction of sp³-hybridized carbons (Fsp3) is 0.500. The highest BCUT2D eigenvalue weighted by Crippen LogP contribution is 2.38. The van der Waals surface area contributed by atoms with Crippen molar-refractivity contribution in [3.05, 3.63) is 41.7 Å². The molecule has 1 aliphatic heterocycles. The summed E-state index contributed by atoms with van der Waals surface area (Å²) in [4.78, 5) is 0. The Morgan fingerprint density at radius 2 is 2.05 bits per heavy atom. The first-order valence-electron chi connectivity index (χ1n) is 7.14. The van der Waals surface area contributed by atoms with E-state index in [0.29, 0.717) is 24.8 Å². The molecule has 1 aliphatic rings. The van der Waals surface area contributed by atoms with Crippen molar-refractivity contribution in [2.24, 2.45) is 0 Å². The summed E-state index contributed by atoms with van der Waals surface area (Å²) >= 11 is 0. The van der Waals surface area contributed by atoms with E-state index in [0.717, 1.165) is 6.07 Å². The molecule has 6 heteroatoms. The number of hydrogen-bond acceptors (Lipinski definition) is 2. The molecule has 0 bridgehead atoms. The van der Waals surface area contributed by atoms with Crippen LogP contribution in [0.5, 0.6) is 0 Å². The van der Waals surface area contributed by atoms with Gasteiger partial charge in [-0.05, 0) is 43.9 Å². The second-order valence-corrected chi connectivity index (χ2v) is 5.34. The van der Waals surface area contributed by atoms with Crippen LogP contribution in [0, 0.1) is 11.6 Å². The highest BCUT2D eigenvalue weighted by molar-refractivity contribution is 5.65. The van der Waals surface area contributed by atoms with Crippen molar-refractivity contribution in [3.63, 3.8) is 0 Å².